The van der Waals surface area contributed by atoms with Crippen LogP contribution in [-0.2, 0) is 9.53 Å². The quantitative estimate of drug-likeness (QED) is 0.606. The molecular weight excluding hydrogens is 348 g/mol. The first-order chi connectivity index (χ1) is 7.94. The van der Waals surface area contributed by atoms with Crippen LogP contribution in [0.5, 0.6) is 0 Å². The van der Waals surface area contributed by atoms with Crippen molar-refractivity contribution in [1.29, 1.82) is 0 Å². The molecule has 0 bridgehead atoms. The predicted octanol–water partition coefficient (Wildman–Crippen LogP) is 3.55. The Hall–Kier alpha value is -0.190. The van der Waals surface area contributed by atoms with Crippen molar-refractivity contribution in [3.63, 3.8) is 0 Å². The zero-order valence-electron chi connectivity index (χ0n) is 9.74. The summed E-state index contributed by atoms with van der Waals surface area (Å²) in [7, 11) is 0. The van der Waals surface area contributed by atoms with Gasteiger partial charge in [0.1, 0.15) is 5.60 Å². The maximum absolute atomic E-state index is 12.1. The SMILES string of the molecule is Cc1ccc([C@H](Br)[C@H](Br)C(=O)[C@@]2(C)CO2)cc1. The smallest absolute Gasteiger partial charge is 0.181 e. The van der Waals surface area contributed by atoms with Gasteiger partial charge in [-0.05, 0) is 19.4 Å². The normalized spacial score (nSPS) is 26.4. The van der Waals surface area contributed by atoms with Crippen molar-refractivity contribution in [2.75, 3.05) is 6.61 Å². The van der Waals surface area contributed by atoms with Gasteiger partial charge in [0, 0.05) is 0 Å². The number of ether oxygens (including phenoxy) is 1. The van der Waals surface area contributed by atoms with Crippen molar-refractivity contribution in [2.45, 2.75) is 29.1 Å². The Morgan fingerprint density at radius 3 is 2.35 bits per heavy atom. The molecular formula is C13H14Br2O2. The van der Waals surface area contributed by atoms with E-state index in [1.165, 1.54) is 5.56 Å². The van der Waals surface area contributed by atoms with Gasteiger partial charge in [0.05, 0.1) is 16.3 Å². The van der Waals surface area contributed by atoms with Crippen molar-refractivity contribution in [3.05, 3.63) is 35.4 Å². The fraction of sp³-hybridized carbons (Fsp3) is 0.462. The van der Waals surface area contributed by atoms with Gasteiger partial charge in [0.15, 0.2) is 5.78 Å². The van der Waals surface area contributed by atoms with Crippen molar-refractivity contribution in [3.8, 4) is 0 Å². The van der Waals surface area contributed by atoms with Crippen LogP contribution >= 0.6 is 31.9 Å². The summed E-state index contributed by atoms with van der Waals surface area (Å²) in [4.78, 5) is 11.8. The number of hydrogen-bond donors (Lipinski definition) is 0. The summed E-state index contributed by atoms with van der Waals surface area (Å²) in [5, 5.41) is 0. The van der Waals surface area contributed by atoms with Crippen LogP contribution in [0.1, 0.15) is 22.9 Å². The molecule has 1 aliphatic heterocycles. The molecule has 0 saturated carbocycles. The van der Waals surface area contributed by atoms with Gasteiger partial charge < -0.3 is 4.74 Å². The second-order valence-electron chi connectivity index (χ2n) is 4.60. The van der Waals surface area contributed by atoms with E-state index in [2.05, 4.69) is 31.9 Å². The van der Waals surface area contributed by atoms with Crippen LogP contribution in [0.25, 0.3) is 0 Å². The number of carbonyl (C=O) groups excluding carboxylic acids is 1. The molecule has 1 aromatic carbocycles. The van der Waals surface area contributed by atoms with Gasteiger partial charge in [-0.2, -0.15) is 0 Å². The number of rotatable bonds is 4. The van der Waals surface area contributed by atoms with Crippen LogP contribution in [0.4, 0.5) is 0 Å². The number of alkyl halides is 2. The van der Waals surface area contributed by atoms with Gasteiger partial charge in [0.25, 0.3) is 0 Å². The third-order valence-electron chi connectivity index (χ3n) is 3.00. The number of ketones is 1. The number of carbonyl (C=O) groups is 1. The monoisotopic (exact) mass is 360 g/mol. The molecule has 0 radical (unpaired) electrons. The standard InChI is InChI=1S/C13H14Br2O2/c1-8-3-5-9(6-4-8)10(14)11(15)12(16)13(2)7-17-13/h3-6,10-11H,7H2,1-2H3/t10-,11-,13+/m0/s1. The van der Waals surface area contributed by atoms with Crippen molar-refractivity contribution in [1.82, 2.24) is 0 Å². The van der Waals surface area contributed by atoms with Crippen LogP contribution in [0.15, 0.2) is 24.3 Å². The minimum atomic E-state index is -0.578. The maximum atomic E-state index is 12.1. The number of halogens is 2. The molecule has 3 atom stereocenters. The molecule has 1 saturated heterocycles. The summed E-state index contributed by atoms with van der Waals surface area (Å²) in [6.45, 7) is 4.41. The van der Waals surface area contributed by atoms with Crippen molar-refractivity contribution >= 4 is 37.6 Å². The Labute approximate surface area is 118 Å². The third kappa shape index (κ3) is 2.80. The van der Waals surface area contributed by atoms with E-state index in [4.69, 9.17) is 4.74 Å². The van der Waals surface area contributed by atoms with Crippen LogP contribution in [0, 0.1) is 6.92 Å². The zero-order valence-corrected chi connectivity index (χ0v) is 12.9. The molecule has 0 aromatic heterocycles. The van der Waals surface area contributed by atoms with Gasteiger partial charge in [-0.15, -0.1) is 0 Å². The largest absolute Gasteiger partial charge is 0.362 e. The molecule has 17 heavy (non-hydrogen) atoms. The zero-order chi connectivity index (χ0) is 12.6. The van der Waals surface area contributed by atoms with Crippen molar-refractivity contribution < 1.29 is 9.53 Å². The molecule has 0 unspecified atom stereocenters. The first-order valence-electron chi connectivity index (χ1n) is 5.47. The molecule has 2 rings (SSSR count). The Kier molecular flexibility index (Phi) is 3.76. The van der Waals surface area contributed by atoms with E-state index in [-0.39, 0.29) is 15.4 Å². The van der Waals surface area contributed by atoms with Crippen LogP contribution in [-0.4, -0.2) is 22.8 Å². The fourth-order valence-corrected chi connectivity index (χ4v) is 2.93. The average molecular weight is 362 g/mol. The molecule has 1 fully saturated rings. The van der Waals surface area contributed by atoms with E-state index >= 15 is 0 Å². The summed E-state index contributed by atoms with van der Waals surface area (Å²) in [6, 6.07) is 8.16. The minimum absolute atomic E-state index is 0.0309. The lowest BCUT2D eigenvalue weighted by molar-refractivity contribution is -0.122. The van der Waals surface area contributed by atoms with Crippen LogP contribution in [0.3, 0.4) is 0 Å². The topological polar surface area (TPSA) is 29.6 Å². The number of aryl methyl sites for hydroxylation is 1. The van der Waals surface area contributed by atoms with Crippen LogP contribution < -0.4 is 0 Å². The van der Waals surface area contributed by atoms with E-state index in [1.807, 2.05) is 38.1 Å². The molecule has 1 heterocycles. The molecule has 0 spiro atoms. The Morgan fingerprint density at radius 1 is 1.35 bits per heavy atom. The highest BCUT2D eigenvalue weighted by Gasteiger charge is 2.50. The Morgan fingerprint density at radius 2 is 1.88 bits per heavy atom. The lowest BCUT2D eigenvalue weighted by Crippen LogP contribution is -2.31. The molecule has 1 aromatic rings. The summed E-state index contributed by atoms with van der Waals surface area (Å²) >= 11 is 7.04. The fourth-order valence-electron chi connectivity index (χ4n) is 1.59. The third-order valence-corrected chi connectivity index (χ3v) is 5.71. The Bertz CT molecular complexity index is 424. The minimum Gasteiger partial charge on any atom is -0.362 e. The highest BCUT2D eigenvalue weighted by atomic mass is 79.9. The lowest BCUT2D eigenvalue weighted by atomic mass is 9.99. The van der Waals surface area contributed by atoms with Gasteiger partial charge in [-0.3, -0.25) is 4.79 Å². The van der Waals surface area contributed by atoms with E-state index in [1.54, 1.807) is 0 Å². The molecule has 4 heteroatoms. The van der Waals surface area contributed by atoms with E-state index in [9.17, 15) is 4.79 Å². The van der Waals surface area contributed by atoms with E-state index < -0.39 is 5.60 Å². The number of epoxide rings is 1. The number of hydrogen-bond acceptors (Lipinski definition) is 2. The average Bonchev–Trinajstić information content (AvgIpc) is 3.07. The van der Waals surface area contributed by atoms with Gasteiger partial charge >= 0.3 is 0 Å². The molecule has 0 amide bonds. The second-order valence-corrected chi connectivity index (χ2v) is 6.57. The predicted molar refractivity (Wildman–Crippen MR) is 74.9 cm³/mol. The highest BCUT2D eigenvalue weighted by Crippen LogP contribution is 2.38. The molecule has 0 N–H and O–H groups in total. The summed E-state index contributed by atoms with van der Waals surface area (Å²) in [5.74, 6) is 0.0972. The maximum Gasteiger partial charge on any atom is 0.181 e. The lowest BCUT2D eigenvalue weighted by Gasteiger charge is -2.18. The molecule has 0 aliphatic carbocycles. The second kappa shape index (κ2) is 4.82. The highest BCUT2D eigenvalue weighted by molar-refractivity contribution is 9.12. The van der Waals surface area contributed by atoms with Crippen LogP contribution in [0.2, 0.25) is 0 Å². The Balaban J connectivity index is 2.11. The summed E-state index contributed by atoms with van der Waals surface area (Å²) in [5.41, 5.74) is 1.73. The summed E-state index contributed by atoms with van der Waals surface area (Å²) < 4.78 is 5.18. The number of Topliss-reactive ketones (excluding diaryl/α,β-unsaturated/α-hetero) is 1. The van der Waals surface area contributed by atoms with Gasteiger partial charge in [0.2, 0.25) is 0 Å². The van der Waals surface area contributed by atoms with E-state index in [0.717, 1.165) is 5.56 Å². The molecule has 1 aliphatic rings. The number of benzene rings is 1. The van der Waals surface area contributed by atoms with Gasteiger partial charge in [-0.25, -0.2) is 0 Å². The van der Waals surface area contributed by atoms with Gasteiger partial charge in [-0.1, -0.05) is 61.7 Å². The van der Waals surface area contributed by atoms with Crippen molar-refractivity contribution in [2.24, 2.45) is 0 Å². The first kappa shape index (κ1) is 13.2. The van der Waals surface area contributed by atoms with E-state index in [0.29, 0.717) is 6.61 Å². The first-order valence-corrected chi connectivity index (χ1v) is 7.30. The molecule has 92 valence electrons. The summed E-state index contributed by atoms with van der Waals surface area (Å²) in [6.07, 6.45) is 0. The molecule has 2 nitrogen and oxygen atoms in total.